The molecule has 0 saturated heterocycles. The number of carbonyl (C=O) groups is 2. The predicted molar refractivity (Wildman–Crippen MR) is 75.6 cm³/mol. The number of aromatic amines is 1. The summed E-state index contributed by atoms with van der Waals surface area (Å²) in [7, 11) is 0. The minimum atomic E-state index is -0.578. The number of anilines is 1. The number of amides is 1. The second-order valence-electron chi connectivity index (χ2n) is 3.90. The van der Waals surface area contributed by atoms with E-state index >= 15 is 0 Å². The fourth-order valence-electron chi connectivity index (χ4n) is 1.49. The van der Waals surface area contributed by atoms with Crippen molar-refractivity contribution in [2.45, 2.75) is 13.8 Å². The molecule has 0 bridgehead atoms. The van der Waals surface area contributed by atoms with Crippen molar-refractivity contribution in [2.24, 2.45) is 0 Å². The van der Waals surface area contributed by atoms with Gasteiger partial charge in [0.1, 0.15) is 10.6 Å². The molecule has 0 fully saturated rings. The Morgan fingerprint density at radius 2 is 2.24 bits per heavy atom. The van der Waals surface area contributed by atoms with Crippen molar-refractivity contribution in [1.29, 1.82) is 0 Å². The van der Waals surface area contributed by atoms with Crippen LogP contribution in [0.5, 0.6) is 0 Å². The molecule has 0 unspecified atom stereocenters. The zero-order chi connectivity index (χ0) is 15.4. The SMILES string of the molecule is CCOC(=O)c1sc(NC(=O)c2cc(=O)[nH]cn2)nc1C. The van der Waals surface area contributed by atoms with Crippen LogP contribution in [0, 0.1) is 6.92 Å². The summed E-state index contributed by atoms with van der Waals surface area (Å²) in [6, 6.07) is 1.07. The molecule has 2 heterocycles. The minimum absolute atomic E-state index is 0.0377. The van der Waals surface area contributed by atoms with Gasteiger partial charge in [-0.05, 0) is 13.8 Å². The number of hydrogen-bond donors (Lipinski definition) is 2. The molecule has 2 N–H and O–H groups in total. The summed E-state index contributed by atoms with van der Waals surface area (Å²) >= 11 is 1.00. The molecule has 0 aliphatic heterocycles. The smallest absolute Gasteiger partial charge is 0.350 e. The second-order valence-corrected chi connectivity index (χ2v) is 4.90. The van der Waals surface area contributed by atoms with Crippen LogP contribution in [0.1, 0.15) is 32.8 Å². The van der Waals surface area contributed by atoms with Gasteiger partial charge in [0.15, 0.2) is 5.13 Å². The Balaban J connectivity index is 2.17. The van der Waals surface area contributed by atoms with Crippen molar-refractivity contribution in [3.8, 4) is 0 Å². The maximum Gasteiger partial charge on any atom is 0.350 e. The van der Waals surface area contributed by atoms with Gasteiger partial charge in [-0.2, -0.15) is 0 Å². The molecule has 2 aromatic rings. The quantitative estimate of drug-likeness (QED) is 0.813. The number of aryl methyl sites for hydroxylation is 1. The number of nitrogens with one attached hydrogen (secondary N) is 2. The van der Waals surface area contributed by atoms with E-state index in [1.165, 1.54) is 0 Å². The van der Waals surface area contributed by atoms with E-state index in [1.54, 1.807) is 13.8 Å². The normalized spacial score (nSPS) is 10.2. The van der Waals surface area contributed by atoms with Crippen molar-refractivity contribution in [3.63, 3.8) is 0 Å². The molecule has 2 aromatic heterocycles. The summed E-state index contributed by atoms with van der Waals surface area (Å²) in [5.41, 5.74) is -0.00501. The largest absolute Gasteiger partial charge is 0.462 e. The maximum atomic E-state index is 11.9. The molecule has 0 saturated carbocycles. The number of ether oxygens (including phenoxy) is 1. The fraction of sp³-hybridized carbons (Fsp3) is 0.250. The first-order valence-electron chi connectivity index (χ1n) is 6.02. The van der Waals surface area contributed by atoms with Gasteiger partial charge in [-0.15, -0.1) is 0 Å². The lowest BCUT2D eigenvalue weighted by molar-refractivity contribution is 0.0531. The summed E-state index contributed by atoms with van der Waals surface area (Å²) < 4.78 is 4.89. The molecule has 0 radical (unpaired) electrons. The minimum Gasteiger partial charge on any atom is -0.462 e. The molecule has 0 aromatic carbocycles. The van der Waals surface area contributed by atoms with Crippen LogP contribution < -0.4 is 10.9 Å². The van der Waals surface area contributed by atoms with Gasteiger partial charge < -0.3 is 9.72 Å². The van der Waals surface area contributed by atoms with Gasteiger partial charge in [0.2, 0.25) is 0 Å². The van der Waals surface area contributed by atoms with Crippen molar-refractivity contribution in [3.05, 3.63) is 39.0 Å². The van der Waals surface area contributed by atoms with E-state index in [2.05, 4.69) is 20.3 Å². The van der Waals surface area contributed by atoms with Gasteiger partial charge >= 0.3 is 5.97 Å². The molecule has 0 aliphatic carbocycles. The van der Waals surface area contributed by atoms with Crippen LogP contribution in [0.25, 0.3) is 0 Å². The first-order chi connectivity index (χ1) is 10.0. The second kappa shape index (κ2) is 6.27. The number of H-pyrrole nitrogens is 1. The van der Waals surface area contributed by atoms with E-state index in [0.29, 0.717) is 10.6 Å². The zero-order valence-electron chi connectivity index (χ0n) is 11.3. The Bertz CT molecular complexity index is 737. The third kappa shape index (κ3) is 3.51. The van der Waals surface area contributed by atoms with E-state index in [1.807, 2.05) is 0 Å². The van der Waals surface area contributed by atoms with E-state index in [4.69, 9.17) is 4.74 Å². The van der Waals surface area contributed by atoms with E-state index in [-0.39, 0.29) is 17.4 Å². The number of esters is 1. The van der Waals surface area contributed by atoms with Gasteiger partial charge in [-0.3, -0.25) is 14.9 Å². The monoisotopic (exact) mass is 308 g/mol. The van der Waals surface area contributed by atoms with E-state index in [0.717, 1.165) is 23.7 Å². The predicted octanol–water partition coefficient (Wildman–Crippen LogP) is 0.964. The lowest BCUT2D eigenvalue weighted by Gasteiger charge is -1.99. The summed E-state index contributed by atoms with van der Waals surface area (Å²) in [5, 5.41) is 2.73. The van der Waals surface area contributed by atoms with Crippen LogP contribution in [-0.4, -0.2) is 33.4 Å². The first kappa shape index (κ1) is 14.9. The summed E-state index contributed by atoms with van der Waals surface area (Å²) in [4.78, 5) is 45.1. The van der Waals surface area contributed by atoms with Crippen molar-refractivity contribution < 1.29 is 14.3 Å². The Morgan fingerprint density at radius 1 is 1.48 bits per heavy atom. The number of nitrogens with zero attached hydrogens (tertiary/aromatic N) is 2. The van der Waals surface area contributed by atoms with Gasteiger partial charge in [0.05, 0.1) is 18.6 Å². The average Bonchev–Trinajstić information content (AvgIpc) is 2.80. The number of aromatic nitrogens is 3. The van der Waals surface area contributed by atoms with Crippen molar-refractivity contribution in [2.75, 3.05) is 11.9 Å². The Kier molecular flexibility index (Phi) is 4.43. The van der Waals surface area contributed by atoms with Gasteiger partial charge in [0.25, 0.3) is 11.5 Å². The van der Waals surface area contributed by atoms with Gasteiger partial charge in [-0.25, -0.2) is 14.8 Å². The number of rotatable bonds is 4. The number of carbonyl (C=O) groups excluding carboxylic acids is 2. The van der Waals surface area contributed by atoms with Crippen LogP contribution in [0.2, 0.25) is 0 Å². The standard InChI is InChI=1S/C12H12N4O4S/c1-3-20-11(19)9-6(2)15-12(21-9)16-10(18)7-4-8(17)14-5-13-7/h4-5H,3H2,1-2H3,(H,13,14,17)(H,15,16,18). The molecule has 110 valence electrons. The van der Waals surface area contributed by atoms with Crippen LogP contribution in [0.4, 0.5) is 5.13 Å². The van der Waals surface area contributed by atoms with Crippen LogP contribution >= 0.6 is 11.3 Å². The molecule has 0 spiro atoms. The first-order valence-corrected chi connectivity index (χ1v) is 6.83. The lowest BCUT2D eigenvalue weighted by atomic mass is 10.4. The Hall–Kier alpha value is -2.55. The van der Waals surface area contributed by atoms with Crippen molar-refractivity contribution >= 4 is 28.3 Å². The average molecular weight is 308 g/mol. The summed E-state index contributed by atoms with van der Waals surface area (Å²) in [6.45, 7) is 3.61. The highest BCUT2D eigenvalue weighted by Gasteiger charge is 2.18. The summed E-state index contributed by atoms with van der Waals surface area (Å²) in [6.07, 6.45) is 1.13. The molecule has 1 amide bonds. The number of thiazole rings is 1. The summed E-state index contributed by atoms with van der Waals surface area (Å²) in [5.74, 6) is -1.06. The lowest BCUT2D eigenvalue weighted by Crippen LogP contribution is -2.17. The highest BCUT2D eigenvalue weighted by Crippen LogP contribution is 2.23. The third-order valence-electron chi connectivity index (χ3n) is 2.39. The molecule has 0 atom stereocenters. The van der Waals surface area contributed by atoms with Crippen LogP contribution in [-0.2, 0) is 4.74 Å². The molecule has 2 rings (SSSR count). The molecular weight excluding hydrogens is 296 g/mol. The van der Waals surface area contributed by atoms with Crippen LogP contribution in [0.3, 0.4) is 0 Å². The topological polar surface area (TPSA) is 114 Å². The number of hydrogen-bond acceptors (Lipinski definition) is 7. The van der Waals surface area contributed by atoms with Gasteiger partial charge in [0, 0.05) is 6.07 Å². The van der Waals surface area contributed by atoms with E-state index in [9.17, 15) is 14.4 Å². The molecular formula is C12H12N4O4S. The molecule has 8 nitrogen and oxygen atoms in total. The fourth-order valence-corrected chi connectivity index (χ4v) is 2.35. The third-order valence-corrected chi connectivity index (χ3v) is 3.44. The highest BCUT2D eigenvalue weighted by atomic mass is 32.1. The zero-order valence-corrected chi connectivity index (χ0v) is 12.1. The Morgan fingerprint density at radius 3 is 2.90 bits per heavy atom. The molecule has 0 aliphatic rings. The Labute approximate surface area is 123 Å². The van der Waals surface area contributed by atoms with E-state index < -0.39 is 17.4 Å². The van der Waals surface area contributed by atoms with Crippen LogP contribution in [0.15, 0.2) is 17.2 Å². The molecule has 21 heavy (non-hydrogen) atoms. The maximum absolute atomic E-state index is 11.9. The highest BCUT2D eigenvalue weighted by molar-refractivity contribution is 7.17. The molecule has 9 heteroatoms. The van der Waals surface area contributed by atoms with Gasteiger partial charge in [-0.1, -0.05) is 11.3 Å². The van der Waals surface area contributed by atoms with Crippen molar-refractivity contribution in [1.82, 2.24) is 15.0 Å².